The maximum Gasteiger partial charge on any atom is 0.305 e. The van der Waals surface area contributed by atoms with E-state index in [9.17, 15) is 9.90 Å². The molecule has 0 fully saturated rings. The molecule has 0 saturated heterocycles. The first-order valence-electron chi connectivity index (χ1n) is 12.6. The highest BCUT2D eigenvalue weighted by atomic mass is 16.6. The van der Waals surface area contributed by atoms with Gasteiger partial charge in [-0.15, -0.1) is 0 Å². The Balaban J connectivity index is 3.64. The van der Waals surface area contributed by atoms with Crippen LogP contribution in [0.4, 0.5) is 0 Å². The maximum absolute atomic E-state index is 11.7. The minimum absolute atomic E-state index is 0.0811. The van der Waals surface area contributed by atoms with Gasteiger partial charge in [0.2, 0.25) is 0 Å². The molecule has 0 aliphatic carbocycles. The summed E-state index contributed by atoms with van der Waals surface area (Å²) in [5.74, 6) is -0.968. The summed E-state index contributed by atoms with van der Waals surface area (Å²) in [5.41, 5.74) is 0. The highest BCUT2D eigenvalue weighted by Gasteiger charge is 2.07. The van der Waals surface area contributed by atoms with Gasteiger partial charge < -0.3 is 14.9 Å². The smallest absolute Gasteiger partial charge is 0.305 e. The van der Waals surface area contributed by atoms with Gasteiger partial charge in [0.1, 0.15) is 12.6 Å². The molecule has 0 amide bonds. The number of carbonyl (C=O) groups excluding carboxylic acids is 1. The molecule has 0 heterocycles. The zero-order valence-corrected chi connectivity index (χ0v) is 16.0. The normalized spacial score (nSPS) is 17.6. The molecular weight excluding hydrogens is 319 g/mol. The van der Waals surface area contributed by atoms with E-state index < -0.39 is 25.2 Å². The molecule has 0 bridgehead atoms. The molecule has 0 aliphatic heterocycles. The number of rotatable bonds is 19. The van der Waals surface area contributed by atoms with E-state index in [1.165, 1.54) is 70.6 Å². The van der Waals surface area contributed by atoms with Crippen LogP contribution in [0.3, 0.4) is 0 Å². The second-order valence-corrected chi connectivity index (χ2v) is 6.74. The molecule has 0 spiro atoms. The third kappa shape index (κ3) is 19.6. The summed E-state index contributed by atoms with van der Waals surface area (Å²) in [5, 5.41) is 18.6. The standard InChI is InChI=1S/C21H42O4/c1-2-3-4-5-6-7-8-9-10-11-12-13-14-15-16-17-21(24)25-19-20(23)18-22/h20,22-23H,2-19H2,1H3/t20-/m1/s1/i18+1D2,19+1D2,20+1D. The predicted octanol–water partition coefficient (Wildman–Crippen LogP) is 5.14. The van der Waals surface area contributed by atoms with Crippen LogP contribution in [0.25, 0.3) is 0 Å². The highest BCUT2D eigenvalue weighted by Crippen LogP contribution is 2.13. The van der Waals surface area contributed by atoms with Crippen molar-refractivity contribution in [3.8, 4) is 0 Å². The van der Waals surface area contributed by atoms with E-state index >= 15 is 0 Å². The van der Waals surface area contributed by atoms with Gasteiger partial charge in [0.25, 0.3) is 0 Å². The molecule has 1 atom stereocenters. The summed E-state index contributed by atoms with van der Waals surface area (Å²) in [7, 11) is 0. The Bertz CT molecular complexity index is 453. The van der Waals surface area contributed by atoms with Gasteiger partial charge in [-0.2, -0.15) is 0 Å². The molecule has 0 aromatic carbocycles. The molecule has 0 unspecified atom stereocenters. The molecule has 25 heavy (non-hydrogen) atoms. The lowest BCUT2D eigenvalue weighted by Crippen LogP contribution is -2.21. The zero-order chi connectivity index (χ0) is 23.1. The van der Waals surface area contributed by atoms with Crippen LogP contribution in [0, 0.1) is 0 Å². The fourth-order valence-corrected chi connectivity index (χ4v) is 2.82. The largest absolute Gasteiger partial charge is 0.463 e. The summed E-state index contributed by atoms with van der Waals surface area (Å²) in [6.45, 7) is -4.71. The van der Waals surface area contributed by atoms with Crippen LogP contribution in [0.15, 0.2) is 0 Å². The van der Waals surface area contributed by atoms with Crippen LogP contribution in [-0.4, -0.2) is 35.4 Å². The molecular formula is C21H42O4. The van der Waals surface area contributed by atoms with Gasteiger partial charge in [-0.1, -0.05) is 96.8 Å². The molecule has 0 aromatic heterocycles. The van der Waals surface area contributed by atoms with Gasteiger partial charge in [-0.25, -0.2) is 0 Å². The van der Waals surface area contributed by atoms with Crippen molar-refractivity contribution in [2.75, 3.05) is 13.1 Å². The quantitative estimate of drug-likeness (QED) is 0.189. The van der Waals surface area contributed by atoms with Crippen molar-refractivity contribution >= 4 is 5.97 Å². The number of esters is 1. The Labute approximate surface area is 162 Å². The second kappa shape index (κ2) is 19.7. The highest BCUT2D eigenvalue weighted by molar-refractivity contribution is 5.69. The topological polar surface area (TPSA) is 66.8 Å². The molecule has 0 aliphatic rings. The van der Waals surface area contributed by atoms with E-state index in [2.05, 4.69) is 11.7 Å². The summed E-state index contributed by atoms with van der Waals surface area (Å²) in [4.78, 5) is 11.7. The summed E-state index contributed by atoms with van der Waals surface area (Å²) >= 11 is 0. The first kappa shape index (κ1) is 16.6. The zero-order valence-electron chi connectivity index (χ0n) is 21.0. The average Bonchev–Trinajstić information content (AvgIpc) is 2.63. The van der Waals surface area contributed by atoms with Gasteiger partial charge in [0.15, 0.2) is 0 Å². The van der Waals surface area contributed by atoms with Gasteiger partial charge in [0, 0.05) is 6.42 Å². The summed E-state index contributed by atoms with van der Waals surface area (Å²) < 4.78 is 40.3. The number of carbonyl (C=O) groups is 1. The molecule has 4 nitrogen and oxygen atoms in total. The number of hydrogen-bond donors (Lipinski definition) is 2. The third-order valence-corrected chi connectivity index (χ3v) is 4.35. The third-order valence-electron chi connectivity index (χ3n) is 4.35. The van der Waals surface area contributed by atoms with Crippen molar-refractivity contribution < 1.29 is 26.6 Å². The van der Waals surface area contributed by atoms with Crippen molar-refractivity contribution in [1.82, 2.24) is 0 Å². The lowest BCUT2D eigenvalue weighted by molar-refractivity contribution is -0.147. The fraction of sp³-hybridized carbons (Fsp3) is 0.952. The SMILES string of the molecule is [2H][13C]([2H])(O)[13C@@]([2H])(O)[13C]([2H])([2H])OC(=O)CCCCCCCCCCCCCCCCC. The molecule has 150 valence electrons. The minimum Gasteiger partial charge on any atom is -0.463 e. The van der Waals surface area contributed by atoms with Crippen LogP contribution in [-0.2, 0) is 9.53 Å². The molecule has 0 saturated carbocycles. The van der Waals surface area contributed by atoms with Crippen LogP contribution in [0.1, 0.15) is 117 Å². The number of unbranched alkanes of at least 4 members (excludes halogenated alkanes) is 14. The predicted molar refractivity (Wildman–Crippen MR) is 104 cm³/mol. The Kier molecular flexibility index (Phi) is 13.1. The lowest BCUT2D eigenvalue weighted by atomic mass is 10.0. The van der Waals surface area contributed by atoms with Gasteiger partial charge in [-0.3, -0.25) is 4.79 Å². The van der Waals surface area contributed by atoms with Crippen molar-refractivity contribution in [2.24, 2.45) is 0 Å². The van der Waals surface area contributed by atoms with E-state index in [1.54, 1.807) is 0 Å². The average molecular weight is 367 g/mol. The van der Waals surface area contributed by atoms with E-state index in [0.29, 0.717) is 6.42 Å². The summed E-state index contributed by atoms with van der Waals surface area (Å²) in [6, 6.07) is 0. The Hall–Kier alpha value is -0.610. The van der Waals surface area contributed by atoms with Gasteiger partial charge >= 0.3 is 5.97 Å². The first-order valence-corrected chi connectivity index (χ1v) is 10.1. The Morgan fingerprint density at radius 3 is 1.68 bits per heavy atom. The van der Waals surface area contributed by atoms with Crippen LogP contribution in [0.2, 0.25) is 0 Å². The molecule has 2 N–H and O–H groups in total. The van der Waals surface area contributed by atoms with Gasteiger partial charge in [-0.05, 0) is 6.42 Å². The van der Waals surface area contributed by atoms with E-state index in [1.807, 2.05) is 0 Å². The van der Waals surface area contributed by atoms with Crippen molar-refractivity contribution in [3.05, 3.63) is 0 Å². The van der Waals surface area contributed by atoms with E-state index in [4.69, 9.17) is 12.0 Å². The number of ether oxygens (including phenoxy) is 1. The van der Waals surface area contributed by atoms with Crippen LogP contribution in [0.5, 0.6) is 0 Å². The summed E-state index contributed by atoms with van der Waals surface area (Å²) in [6.07, 6.45) is 14.0. The lowest BCUT2D eigenvalue weighted by Gasteiger charge is -2.08. The molecule has 0 radical (unpaired) electrons. The monoisotopic (exact) mass is 366 g/mol. The first-order chi connectivity index (χ1) is 14.0. The number of aliphatic hydroxyl groups is 2. The minimum atomic E-state index is -3.62. The number of hydrogen-bond acceptors (Lipinski definition) is 4. The molecule has 0 rings (SSSR count). The Morgan fingerprint density at radius 2 is 1.28 bits per heavy atom. The van der Waals surface area contributed by atoms with Crippen LogP contribution >= 0.6 is 0 Å². The second-order valence-electron chi connectivity index (χ2n) is 6.74. The van der Waals surface area contributed by atoms with Gasteiger partial charge in [0.05, 0.1) is 13.4 Å². The molecule has 4 heteroatoms. The van der Waals surface area contributed by atoms with E-state index in [-0.39, 0.29) is 6.42 Å². The van der Waals surface area contributed by atoms with E-state index in [0.717, 1.165) is 19.3 Å². The maximum atomic E-state index is 11.7. The Morgan fingerprint density at radius 1 is 0.880 bits per heavy atom. The molecule has 0 aromatic rings. The van der Waals surface area contributed by atoms with Crippen molar-refractivity contribution in [2.45, 2.75) is 116 Å². The van der Waals surface area contributed by atoms with Crippen molar-refractivity contribution in [3.63, 3.8) is 0 Å². The van der Waals surface area contributed by atoms with Crippen molar-refractivity contribution in [1.29, 1.82) is 0 Å². The van der Waals surface area contributed by atoms with Crippen LogP contribution < -0.4 is 0 Å². The fourth-order valence-electron chi connectivity index (χ4n) is 2.82.